The minimum absolute atomic E-state index is 0.0152. The van der Waals surface area contributed by atoms with E-state index in [0.29, 0.717) is 29.1 Å². The molecule has 1 fully saturated rings. The summed E-state index contributed by atoms with van der Waals surface area (Å²) in [4.78, 5) is 16.9. The zero-order chi connectivity index (χ0) is 19.5. The molecule has 0 amide bonds. The Morgan fingerprint density at radius 2 is 1.86 bits per heavy atom. The number of rotatable bonds is 1. The second-order valence-electron chi connectivity index (χ2n) is 7.05. The first kappa shape index (κ1) is 17.1. The van der Waals surface area contributed by atoms with Gasteiger partial charge in [0.1, 0.15) is 11.5 Å². The lowest BCUT2D eigenvalue weighted by molar-refractivity contribution is 0.332. The van der Waals surface area contributed by atoms with Crippen LogP contribution in [0.25, 0.3) is 22.6 Å². The first-order chi connectivity index (χ1) is 13.4. The Morgan fingerprint density at radius 1 is 1.11 bits per heavy atom. The molecule has 0 aliphatic carbocycles. The summed E-state index contributed by atoms with van der Waals surface area (Å²) < 4.78 is 39.3. The molecular formula is C19H15FN4O3S. The second-order valence-corrected chi connectivity index (χ2v) is 9.24. The van der Waals surface area contributed by atoms with Crippen molar-refractivity contribution < 1.29 is 12.8 Å². The second kappa shape index (κ2) is 5.71. The quantitative estimate of drug-likeness (QED) is 0.674. The van der Waals surface area contributed by atoms with Crippen LogP contribution in [-0.2, 0) is 15.5 Å². The van der Waals surface area contributed by atoms with E-state index in [1.165, 1.54) is 28.9 Å². The third-order valence-corrected chi connectivity index (χ3v) is 6.90. The number of aromatic nitrogens is 3. The molecule has 5 rings (SSSR count). The molecule has 1 N–H and O–H groups in total. The summed E-state index contributed by atoms with van der Waals surface area (Å²) >= 11 is 0. The molecule has 0 bridgehead atoms. The molecule has 1 unspecified atom stereocenters. The molecule has 7 nitrogen and oxygen atoms in total. The van der Waals surface area contributed by atoms with Crippen LogP contribution in [-0.4, -0.2) is 34.7 Å². The summed E-state index contributed by atoms with van der Waals surface area (Å²) in [5, 5.41) is 7.82. The summed E-state index contributed by atoms with van der Waals surface area (Å²) in [6, 6.07) is 12.7. The number of hydrogen-bond acceptors (Lipinski definition) is 6. The molecule has 1 atom stereocenters. The maximum absolute atomic E-state index is 13.3. The average molecular weight is 398 g/mol. The fourth-order valence-electron chi connectivity index (χ4n) is 3.84. The van der Waals surface area contributed by atoms with E-state index in [1.807, 2.05) is 18.2 Å². The van der Waals surface area contributed by atoms with Gasteiger partial charge in [0.05, 0.1) is 11.5 Å². The lowest BCUT2D eigenvalue weighted by atomic mass is 10.0. The van der Waals surface area contributed by atoms with Gasteiger partial charge in [-0.25, -0.2) is 17.5 Å². The molecule has 2 aliphatic rings. The van der Waals surface area contributed by atoms with Crippen LogP contribution in [0.2, 0.25) is 0 Å². The van der Waals surface area contributed by atoms with Crippen LogP contribution in [0.4, 0.5) is 10.1 Å². The lowest BCUT2D eigenvalue weighted by Crippen LogP contribution is -2.48. The fourth-order valence-corrected chi connectivity index (χ4v) is 5.70. The summed E-state index contributed by atoms with van der Waals surface area (Å²) in [5.74, 6) is -0.241. The molecule has 0 saturated carbocycles. The van der Waals surface area contributed by atoms with Crippen molar-refractivity contribution in [3.8, 4) is 22.6 Å². The van der Waals surface area contributed by atoms with Crippen molar-refractivity contribution in [1.82, 2.24) is 14.8 Å². The van der Waals surface area contributed by atoms with Gasteiger partial charge in [0, 0.05) is 23.2 Å². The van der Waals surface area contributed by atoms with Gasteiger partial charge in [-0.2, -0.15) is 10.1 Å². The van der Waals surface area contributed by atoms with Crippen molar-refractivity contribution in [2.75, 3.05) is 16.8 Å². The molecule has 28 heavy (non-hydrogen) atoms. The monoisotopic (exact) mass is 398 g/mol. The van der Waals surface area contributed by atoms with Gasteiger partial charge in [-0.3, -0.25) is 4.79 Å². The first-order valence-corrected chi connectivity index (χ1v) is 10.5. The molecule has 1 aromatic heterocycles. The smallest absolute Gasteiger partial charge is 0.300 e. The highest BCUT2D eigenvalue weighted by atomic mass is 32.2. The maximum Gasteiger partial charge on any atom is 0.300 e. The number of nitrogens with zero attached hydrogens (tertiary/aromatic N) is 3. The maximum atomic E-state index is 13.3. The van der Waals surface area contributed by atoms with Gasteiger partial charge in [0.25, 0.3) is 5.56 Å². The van der Waals surface area contributed by atoms with E-state index in [0.717, 1.165) is 0 Å². The highest BCUT2D eigenvalue weighted by Crippen LogP contribution is 2.41. The van der Waals surface area contributed by atoms with Gasteiger partial charge in [-0.15, -0.1) is 0 Å². The standard InChI is InChI=1S/C19H15FN4O3S/c20-13-7-5-12(6-8-13)16-18(25)21-17-14-3-1-2-4-15(14)22-19(24(17)23-16)9-10-28(26,27)11-19/h1-8,22H,9-11H2. The fraction of sp³-hybridized carbons (Fsp3) is 0.211. The zero-order valence-corrected chi connectivity index (χ0v) is 15.4. The molecule has 1 saturated heterocycles. The van der Waals surface area contributed by atoms with Crippen LogP contribution in [0.3, 0.4) is 0 Å². The topological polar surface area (TPSA) is 93.9 Å². The van der Waals surface area contributed by atoms with Gasteiger partial charge >= 0.3 is 0 Å². The van der Waals surface area contributed by atoms with Crippen LogP contribution in [0, 0.1) is 5.82 Å². The number of para-hydroxylation sites is 1. The average Bonchev–Trinajstić information content (AvgIpc) is 2.97. The van der Waals surface area contributed by atoms with Crippen molar-refractivity contribution in [2.45, 2.75) is 12.1 Å². The summed E-state index contributed by atoms with van der Waals surface area (Å²) in [6.07, 6.45) is 0.303. The molecule has 3 aromatic rings. The van der Waals surface area contributed by atoms with Crippen LogP contribution < -0.4 is 10.9 Å². The number of sulfone groups is 1. The molecule has 142 valence electrons. The Kier molecular flexibility index (Phi) is 3.48. The van der Waals surface area contributed by atoms with E-state index < -0.39 is 26.9 Å². The van der Waals surface area contributed by atoms with E-state index in [1.54, 1.807) is 6.07 Å². The van der Waals surface area contributed by atoms with Gasteiger partial charge < -0.3 is 5.32 Å². The van der Waals surface area contributed by atoms with E-state index in [-0.39, 0.29) is 17.2 Å². The minimum Gasteiger partial charge on any atom is -0.360 e. The van der Waals surface area contributed by atoms with Crippen LogP contribution in [0.1, 0.15) is 6.42 Å². The molecule has 2 aliphatic heterocycles. The van der Waals surface area contributed by atoms with Crippen LogP contribution in [0.5, 0.6) is 0 Å². The molecule has 0 radical (unpaired) electrons. The Hall–Kier alpha value is -3.07. The Bertz CT molecular complexity index is 1270. The summed E-state index contributed by atoms with van der Waals surface area (Å²) in [6.45, 7) is 0. The van der Waals surface area contributed by atoms with E-state index in [2.05, 4.69) is 15.4 Å². The predicted molar refractivity (Wildman–Crippen MR) is 102 cm³/mol. The third-order valence-electron chi connectivity index (χ3n) is 5.15. The number of halogens is 1. The number of anilines is 1. The molecule has 9 heteroatoms. The van der Waals surface area contributed by atoms with Gasteiger partial charge in [-0.05, 0) is 36.4 Å². The summed E-state index contributed by atoms with van der Waals surface area (Å²) in [5.41, 5.74) is 0.289. The third kappa shape index (κ3) is 2.54. The van der Waals surface area contributed by atoms with Crippen molar-refractivity contribution in [1.29, 1.82) is 0 Å². The van der Waals surface area contributed by atoms with Gasteiger partial charge in [0.15, 0.2) is 21.4 Å². The Labute approximate surface area is 159 Å². The first-order valence-electron chi connectivity index (χ1n) is 8.73. The Morgan fingerprint density at radius 3 is 2.57 bits per heavy atom. The molecule has 1 spiro atoms. The van der Waals surface area contributed by atoms with Gasteiger partial charge in [-0.1, -0.05) is 12.1 Å². The van der Waals surface area contributed by atoms with E-state index in [4.69, 9.17) is 0 Å². The predicted octanol–water partition coefficient (Wildman–Crippen LogP) is 2.01. The highest BCUT2D eigenvalue weighted by molar-refractivity contribution is 7.91. The van der Waals surface area contributed by atoms with Crippen molar-refractivity contribution >= 4 is 15.5 Å². The normalized spacial score (nSPS) is 21.8. The van der Waals surface area contributed by atoms with E-state index in [9.17, 15) is 17.6 Å². The van der Waals surface area contributed by atoms with Crippen molar-refractivity contribution in [3.63, 3.8) is 0 Å². The van der Waals surface area contributed by atoms with Crippen molar-refractivity contribution in [2.24, 2.45) is 0 Å². The lowest BCUT2D eigenvalue weighted by Gasteiger charge is -2.38. The highest BCUT2D eigenvalue weighted by Gasteiger charge is 2.48. The van der Waals surface area contributed by atoms with Crippen molar-refractivity contribution in [3.05, 3.63) is 64.7 Å². The number of nitrogens with one attached hydrogen (secondary N) is 1. The zero-order valence-electron chi connectivity index (χ0n) is 14.6. The number of benzene rings is 2. The minimum atomic E-state index is -3.27. The molecule has 2 aromatic carbocycles. The SMILES string of the molecule is O=c1nc2n(nc1-c1ccc(F)cc1)C1(CCS(=O)(=O)C1)Nc1ccccc1-2. The Balaban J connectivity index is 1.79. The molecule has 3 heterocycles. The van der Waals surface area contributed by atoms with Crippen LogP contribution >= 0.6 is 0 Å². The van der Waals surface area contributed by atoms with Gasteiger partial charge in [0.2, 0.25) is 0 Å². The summed E-state index contributed by atoms with van der Waals surface area (Å²) in [7, 11) is -3.27. The van der Waals surface area contributed by atoms with Crippen LogP contribution in [0.15, 0.2) is 53.3 Å². The molecular weight excluding hydrogens is 383 g/mol. The number of hydrogen-bond donors (Lipinski definition) is 1. The largest absolute Gasteiger partial charge is 0.360 e. The van der Waals surface area contributed by atoms with E-state index >= 15 is 0 Å². The number of fused-ring (bicyclic) bond motifs is 4.